The van der Waals surface area contributed by atoms with Gasteiger partial charge in [0.1, 0.15) is 11.8 Å². The molecule has 0 spiro atoms. The molecule has 354 valence electrons. The predicted octanol–water partition coefficient (Wildman–Crippen LogP) is 4.51. The molecule has 17 heteroatoms. The maximum atomic E-state index is 14.1. The van der Waals surface area contributed by atoms with Crippen LogP contribution in [0, 0.1) is 12.8 Å². The number of aliphatic imine (C=N–C) groups is 1. The summed E-state index contributed by atoms with van der Waals surface area (Å²) < 4.78 is 28.8. The average molecular weight is 902 g/mol. The van der Waals surface area contributed by atoms with E-state index >= 15 is 0 Å². The molecule has 4 aliphatic heterocycles. The third kappa shape index (κ3) is 12.5. The molecule has 0 saturated carbocycles. The monoisotopic (exact) mass is 901 g/mol. The molecule has 4 heterocycles. The Labute approximate surface area is 382 Å². The van der Waals surface area contributed by atoms with Gasteiger partial charge in [0.15, 0.2) is 11.5 Å². The van der Waals surface area contributed by atoms with Crippen molar-refractivity contribution in [2.45, 2.75) is 84.8 Å². The van der Waals surface area contributed by atoms with Crippen molar-refractivity contribution >= 4 is 47.1 Å². The number of nitrogens with two attached hydrogens (primary N) is 1. The van der Waals surface area contributed by atoms with E-state index in [1.165, 1.54) is 12.0 Å². The molecule has 17 nitrogen and oxygen atoms in total. The van der Waals surface area contributed by atoms with E-state index in [0.717, 1.165) is 36.0 Å². The molecule has 0 aliphatic carbocycles. The molecule has 0 aromatic heterocycles. The topological polar surface area (TPSA) is 204 Å². The van der Waals surface area contributed by atoms with Crippen LogP contribution in [0.2, 0.25) is 0 Å². The summed E-state index contributed by atoms with van der Waals surface area (Å²) in [6.07, 6.45) is 5.34. The van der Waals surface area contributed by atoms with Crippen molar-refractivity contribution in [3.05, 3.63) is 65.3 Å². The van der Waals surface area contributed by atoms with Gasteiger partial charge >= 0.3 is 0 Å². The highest BCUT2D eigenvalue weighted by molar-refractivity contribution is 6.08. The molecule has 5 amide bonds. The second-order valence-corrected chi connectivity index (χ2v) is 17.0. The van der Waals surface area contributed by atoms with Gasteiger partial charge in [0.2, 0.25) is 17.7 Å². The van der Waals surface area contributed by atoms with Crippen molar-refractivity contribution in [3.63, 3.8) is 0 Å². The third-order valence-electron chi connectivity index (χ3n) is 11.7. The zero-order valence-corrected chi connectivity index (χ0v) is 37.6. The van der Waals surface area contributed by atoms with Gasteiger partial charge in [-0.1, -0.05) is 45.6 Å². The van der Waals surface area contributed by atoms with Crippen LogP contribution in [0.1, 0.15) is 86.1 Å². The van der Waals surface area contributed by atoms with Crippen LogP contribution in [-0.4, -0.2) is 143 Å². The summed E-state index contributed by atoms with van der Waals surface area (Å²) in [5, 5.41) is 5.48. The lowest BCUT2D eigenvalue weighted by Gasteiger charge is -2.27. The molecule has 6 rings (SSSR count). The fourth-order valence-electron chi connectivity index (χ4n) is 8.28. The number of carbonyl (C=O) groups excluding carboxylic acids is 5. The Bertz CT molecular complexity index is 2120. The molecule has 2 aromatic rings. The second kappa shape index (κ2) is 23.4. The first-order valence-corrected chi connectivity index (χ1v) is 22.1. The van der Waals surface area contributed by atoms with E-state index < -0.39 is 17.9 Å². The van der Waals surface area contributed by atoms with E-state index in [2.05, 4.69) is 28.8 Å². The third-order valence-corrected chi connectivity index (χ3v) is 11.7. The van der Waals surface area contributed by atoms with Crippen molar-refractivity contribution in [2.75, 3.05) is 84.4 Å². The van der Waals surface area contributed by atoms with Gasteiger partial charge in [-0.05, 0) is 62.6 Å². The van der Waals surface area contributed by atoms with Crippen LogP contribution in [-0.2, 0) is 23.9 Å². The highest BCUT2D eigenvalue weighted by atomic mass is 16.5. The number of unbranched alkanes of at least 4 members (excludes halogenated alkanes) is 2. The zero-order valence-electron chi connectivity index (χ0n) is 37.6. The molecule has 0 radical (unpaired) electrons. The lowest BCUT2D eigenvalue weighted by Crippen LogP contribution is -2.52. The molecular weight excluding hydrogens is 835 g/mol. The summed E-state index contributed by atoms with van der Waals surface area (Å²) in [6, 6.07) is 5.66. The highest BCUT2D eigenvalue weighted by Crippen LogP contribution is 2.40. The Hall–Kier alpha value is -5.78. The minimum absolute atomic E-state index is 0. The van der Waals surface area contributed by atoms with Crippen molar-refractivity contribution < 1.29 is 47.7 Å². The normalized spacial score (nSPS) is 18.0. The number of methoxy groups -OCH3 is 1. The molecule has 4 N–H and O–H groups in total. The number of anilines is 1. The van der Waals surface area contributed by atoms with Crippen molar-refractivity contribution in [2.24, 2.45) is 16.6 Å². The van der Waals surface area contributed by atoms with E-state index in [0.29, 0.717) is 99.7 Å². The maximum absolute atomic E-state index is 14.1. The number of hydrogen-bond acceptors (Lipinski definition) is 12. The van der Waals surface area contributed by atoms with Gasteiger partial charge in [0.25, 0.3) is 11.8 Å². The molecule has 2 fully saturated rings. The van der Waals surface area contributed by atoms with Gasteiger partial charge in [-0.15, -0.1) is 0 Å². The molecule has 2 aromatic carbocycles. The number of ether oxygens (including phenoxy) is 5. The molecular formula is C48H67N7O10. The first kappa shape index (κ1) is 50.2. The molecule has 4 aliphatic rings. The van der Waals surface area contributed by atoms with Gasteiger partial charge in [-0.3, -0.25) is 29.0 Å². The Morgan fingerprint density at radius 2 is 1.52 bits per heavy atom. The number of carbonyl (C=O) groups is 5. The quantitative estimate of drug-likeness (QED) is 0.111. The van der Waals surface area contributed by atoms with E-state index in [1.54, 1.807) is 30.9 Å². The van der Waals surface area contributed by atoms with Gasteiger partial charge in [0.05, 0.1) is 87.9 Å². The first-order valence-electron chi connectivity index (χ1n) is 22.1. The lowest BCUT2D eigenvalue weighted by atomic mass is 10.0. The largest absolute Gasteiger partial charge is 0.493 e. The van der Waals surface area contributed by atoms with Gasteiger partial charge in [0, 0.05) is 50.9 Å². The SMILES string of the molecule is C.C=C1C[C@H]2CN(C(=O)CNC(=O)[C@@H](NC(=O)CCOCCOCCN)C(C)C)c3cc(OCCCCCOc4cc5c(cc4C)C(=O)N4CC(=C)C[C@H]4C=N5)c(OC)cc3C(=O)N2C1. The van der Waals surface area contributed by atoms with Crippen molar-refractivity contribution in [1.82, 2.24) is 20.4 Å². The average Bonchev–Trinajstić information content (AvgIpc) is 3.78. The van der Waals surface area contributed by atoms with Crippen molar-refractivity contribution in [3.8, 4) is 17.2 Å². The zero-order chi connectivity index (χ0) is 45.9. The van der Waals surface area contributed by atoms with Crippen LogP contribution in [0.5, 0.6) is 17.2 Å². The number of nitrogens with one attached hydrogen (secondary N) is 2. The minimum Gasteiger partial charge on any atom is -0.493 e. The molecule has 2 saturated heterocycles. The highest BCUT2D eigenvalue weighted by Gasteiger charge is 2.40. The number of rotatable bonds is 22. The number of nitrogens with zero attached hydrogens (tertiary/aromatic N) is 4. The number of benzene rings is 2. The molecule has 3 atom stereocenters. The van der Waals surface area contributed by atoms with E-state index in [4.69, 9.17) is 29.4 Å². The van der Waals surface area contributed by atoms with Crippen molar-refractivity contribution in [1.29, 1.82) is 0 Å². The number of fused-ring (bicyclic) bond motifs is 4. The Morgan fingerprint density at radius 3 is 2.23 bits per heavy atom. The first-order chi connectivity index (χ1) is 30.8. The van der Waals surface area contributed by atoms with Crippen LogP contribution in [0.4, 0.5) is 11.4 Å². The fraction of sp³-hybridized carbons (Fsp3) is 0.542. The predicted molar refractivity (Wildman–Crippen MR) is 249 cm³/mol. The lowest BCUT2D eigenvalue weighted by molar-refractivity contribution is -0.131. The number of amides is 5. The summed E-state index contributed by atoms with van der Waals surface area (Å²) in [6.45, 7) is 16.9. The van der Waals surface area contributed by atoms with Gasteiger partial charge in [-0.25, -0.2) is 0 Å². The summed E-state index contributed by atoms with van der Waals surface area (Å²) in [7, 11) is 1.49. The Kier molecular flexibility index (Phi) is 18.1. The molecule has 0 bridgehead atoms. The Morgan fingerprint density at radius 1 is 0.846 bits per heavy atom. The summed E-state index contributed by atoms with van der Waals surface area (Å²) in [4.78, 5) is 77.2. The van der Waals surface area contributed by atoms with E-state index in [-0.39, 0.29) is 74.8 Å². The molecule has 65 heavy (non-hydrogen) atoms. The van der Waals surface area contributed by atoms with Crippen LogP contribution in [0.15, 0.2) is 53.6 Å². The Balaban J connectivity index is 0.00000793. The van der Waals surface area contributed by atoms with E-state index in [9.17, 15) is 24.0 Å². The number of hydrogen-bond donors (Lipinski definition) is 3. The fourth-order valence-corrected chi connectivity index (χ4v) is 8.28. The molecule has 0 unspecified atom stereocenters. The summed E-state index contributed by atoms with van der Waals surface area (Å²) in [5.74, 6) is -0.485. The second-order valence-electron chi connectivity index (χ2n) is 17.0. The van der Waals surface area contributed by atoms with Gasteiger partial charge < -0.3 is 54.8 Å². The van der Waals surface area contributed by atoms with Gasteiger partial charge in [-0.2, -0.15) is 0 Å². The maximum Gasteiger partial charge on any atom is 0.256 e. The summed E-state index contributed by atoms with van der Waals surface area (Å²) >= 11 is 0. The smallest absolute Gasteiger partial charge is 0.256 e. The van der Waals surface area contributed by atoms with Crippen LogP contribution >= 0.6 is 0 Å². The standard InChI is InChI=1S/C47H63N7O10.CH4/c1-29(2)44(51-42(55)10-14-61-16-17-62-15-11-48)45(57)50-25-43(56)54-28-34-19-31(4)27-53(34)47(59)36-21-40(60-6)41(23-38(36)54)64-13-9-7-8-12-63-39-22-37-35(20-32(39)5)46(58)52-26-30(3)18-33(52)24-49-37;/h20-24,29,33-34,44H,3-4,7-19,25-28,48H2,1-2,5-6H3,(H,50,57)(H,51,55);1H4/t33-,34-,44-;/m0./s1. The van der Waals surface area contributed by atoms with Crippen LogP contribution < -0.4 is 35.5 Å². The van der Waals surface area contributed by atoms with E-state index in [1.807, 2.05) is 30.2 Å². The minimum atomic E-state index is -0.894. The van der Waals surface area contributed by atoms with Crippen LogP contribution in [0.25, 0.3) is 0 Å². The number of aryl methyl sites for hydroxylation is 1. The van der Waals surface area contributed by atoms with Crippen LogP contribution in [0.3, 0.4) is 0 Å². The summed E-state index contributed by atoms with van der Waals surface area (Å²) in [5.41, 5.74) is 9.96.